The number of rotatable bonds is 4. The number of benzene rings is 1. The Morgan fingerprint density at radius 2 is 1.83 bits per heavy atom. The second kappa shape index (κ2) is 7.63. The minimum atomic E-state index is -0.620. The van der Waals surface area contributed by atoms with Gasteiger partial charge in [0.25, 0.3) is 5.91 Å². The number of carbonyl (C=O) groups excluding carboxylic acids is 2. The highest BCUT2D eigenvalue weighted by Crippen LogP contribution is 2.37. The first-order valence-electron chi connectivity index (χ1n) is 11.1. The van der Waals surface area contributed by atoms with Crippen molar-refractivity contribution in [3.63, 3.8) is 0 Å². The first kappa shape index (κ1) is 20.2. The van der Waals surface area contributed by atoms with E-state index in [0.29, 0.717) is 12.6 Å². The van der Waals surface area contributed by atoms with Crippen molar-refractivity contribution < 1.29 is 9.59 Å². The highest BCUT2D eigenvalue weighted by atomic mass is 16.2. The quantitative estimate of drug-likeness (QED) is 0.732. The maximum atomic E-state index is 12.8. The molecule has 0 aliphatic carbocycles. The minimum Gasteiger partial charge on any atom is -0.369 e. The van der Waals surface area contributed by atoms with Crippen molar-refractivity contribution in [2.24, 2.45) is 0 Å². The van der Waals surface area contributed by atoms with E-state index in [9.17, 15) is 9.59 Å². The molecule has 0 aromatic heterocycles. The molecule has 4 rings (SSSR count). The standard InChI is InChI=1S/C23H34N4O2/c1-5-27-22(29)24(4)21(28)23(27)10-13-25(14-11-23)16-18-8-9-20-19(15-18)7-6-12-26(20)17(2)3/h8-9,15,17H,5-7,10-14,16H2,1-4H3. The van der Waals surface area contributed by atoms with Crippen molar-refractivity contribution in [3.8, 4) is 0 Å². The third-order valence-electron chi connectivity index (χ3n) is 7.06. The Hall–Kier alpha value is -2.08. The molecule has 1 aromatic carbocycles. The molecule has 0 N–H and O–H groups in total. The Morgan fingerprint density at radius 1 is 1.10 bits per heavy atom. The molecule has 6 nitrogen and oxygen atoms in total. The zero-order valence-electron chi connectivity index (χ0n) is 18.3. The van der Waals surface area contributed by atoms with Crippen LogP contribution in [0.1, 0.15) is 51.2 Å². The molecule has 6 heteroatoms. The fraction of sp³-hybridized carbons (Fsp3) is 0.652. The zero-order valence-corrected chi connectivity index (χ0v) is 18.3. The Balaban J connectivity index is 1.44. The van der Waals surface area contributed by atoms with Gasteiger partial charge in [0.1, 0.15) is 5.54 Å². The van der Waals surface area contributed by atoms with Crippen LogP contribution in [0.2, 0.25) is 0 Å². The number of piperidine rings is 1. The van der Waals surface area contributed by atoms with Crippen LogP contribution in [0.25, 0.3) is 0 Å². The van der Waals surface area contributed by atoms with Gasteiger partial charge in [-0.2, -0.15) is 0 Å². The van der Waals surface area contributed by atoms with Crippen LogP contribution in [0.5, 0.6) is 0 Å². The summed E-state index contributed by atoms with van der Waals surface area (Å²) in [5.41, 5.74) is 3.59. The van der Waals surface area contributed by atoms with Crippen molar-refractivity contribution >= 4 is 17.6 Å². The Labute approximate surface area is 174 Å². The molecular weight excluding hydrogens is 364 g/mol. The summed E-state index contributed by atoms with van der Waals surface area (Å²) >= 11 is 0. The Bertz CT molecular complexity index is 798. The molecule has 2 fully saturated rings. The number of aryl methyl sites for hydroxylation is 1. The van der Waals surface area contributed by atoms with E-state index in [2.05, 4.69) is 41.8 Å². The number of likely N-dealkylation sites (tertiary alicyclic amines) is 1. The predicted molar refractivity (Wildman–Crippen MR) is 115 cm³/mol. The van der Waals surface area contributed by atoms with E-state index >= 15 is 0 Å². The first-order valence-corrected chi connectivity index (χ1v) is 11.1. The van der Waals surface area contributed by atoms with Gasteiger partial charge in [-0.05, 0) is 63.6 Å². The van der Waals surface area contributed by atoms with Crippen molar-refractivity contribution in [2.75, 3.05) is 38.1 Å². The van der Waals surface area contributed by atoms with Gasteiger partial charge in [-0.15, -0.1) is 0 Å². The van der Waals surface area contributed by atoms with Crippen LogP contribution in [0.3, 0.4) is 0 Å². The molecule has 0 saturated carbocycles. The number of likely N-dealkylation sites (N-methyl/N-ethyl adjacent to an activating group) is 2. The molecule has 0 atom stereocenters. The monoisotopic (exact) mass is 398 g/mol. The maximum Gasteiger partial charge on any atom is 0.327 e. The molecule has 1 aromatic rings. The third-order valence-corrected chi connectivity index (χ3v) is 7.06. The van der Waals surface area contributed by atoms with E-state index < -0.39 is 5.54 Å². The summed E-state index contributed by atoms with van der Waals surface area (Å²) in [4.78, 5) is 33.3. The number of carbonyl (C=O) groups is 2. The average Bonchev–Trinajstić information content (AvgIpc) is 2.89. The fourth-order valence-corrected chi connectivity index (χ4v) is 5.45. The Morgan fingerprint density at radius 3 is 2.48 bits per heavy atom. The van der Waals surface area contributed by atoms with Crippen LogP contribution in [-0.4, -0.2) is 71.4 Å². The molecule has 0 unspecified atom stereocenters. The smallest absolute Gasteiger partial charge is 0.327 e. The lowest BCUT2D eigenvalue weighted by Crippen LogP contribution is -2.56. The molecule has 3 amide bonds. The van der Waals surface area contributed by atoms with E-state index in [1.807, 2.05) is 6.92 Å². The maximum absolute atomic E-state index is 12.8. The lowest BCUT2D eigenvalue weighted by atomic mass is 9.85. The molecule has 2 saturated heterocycles. The van der Waals surface area contributed by atoms with Gasteiger partial charge < -0.3 is 9.80 Å². The molecule has 29 heavy (non-hydrogen) atoms. The van der Waals surface area contributed by atoms with Gasteiger partial charge in [0.05, 0.1) is 0 Å². The van der Waals surface area contributed by atoms with Crippen LogP contribution in [0.15, 0.2) is 18.2 Å². The molecule has 0 bridgehead atoms. The molecule has 158 valence electrons. The van der Waals surface area contributed by atoms with Crippen LogP contribution in [0, 0.1) is 0 Å². The summed E-state index contributed by atoms with van der Waals surface area (Å²) in [5.74, 6) is -0.0217. The molecule has 1 spiro atoms. The molecular formula is C23H34N4O2. The van der Waals surface area contributed by atoms with Gasteiger partial charge in [-0.25, -0.2) is 4.79 Å². The van der Waals surface area contributed by atoms with Crippen molar-refractivity contribution in [1.29, 1.82) is 0 Å². The van der Waals surface area contributed by atoms with Gasteiger partial charge in [-0.3, -0.25) is 14.6 Å². The topological polar surface area (TPSA) is 47.1 Å². The van der Waals surface area contributed by atoms with E-state index in [4.69, 9.17) is 0 Å². The molecule has 3 heterocycles. The third kappa shape index (κ3) is 3.31. The number of urea groups is 1. The van der Waals surface area contributed by atoms with Gasteiger partial charge in [-0.1, -0.05) is 12.1 Å². The normalized spacial score (nSPS) is 22.2. The summed E-state index contributed by atoms with van der Waals surface area (Å²) in [6.07, 6.45) is 3.82. The van der Waals surface area contributed by atoms with E-state index in [1.165, 1.54) is 28.1 Å². The number of anilines is 1. The molecule has 0 radical (unpaired) electrons. The predicted octanol–water partition coefficient (Wildman–Crippen LogP) is 3.10. The average molecular weight is 399 g/mol. The first-order chi connectivity index (χ1) is 13.9. The number of fused-ring (bicyclic) bond motifs is 1. The minimum absolute atomic E-state index is 0.0217. The largest absolute Gasteiger partial charge is 0.369 e. The van der Waals surface area contributed by atoms with Crippen LogP contribution in [0.4, 0.5) is 10.5 Å². The SMILES string of the molecule is CCN1C(=O)N(C)C(=O)C12CCN(Cc1ccc3c(c1)CCCN3C(C)C)CC2. The van der Waals surface area contributed by atoms with Crippen molar-refractivity contribution in [1.82, 2.24) is 14.7 Å². The van der Waals surface area contributed by atoms with Crippen LogP contribution >= 0.6 is 0 Å². The zero-order chi connectivity index (χ0) is 20.8. The van der Waals surface area contributed by atoms with Crippen LogP contribution in [-0.2, 0) is 17.8 Å². The highest BCUT2D eigenvalue weighted by molar-refractivity contribution is 6.06. The van der Waals surface area contributed by atoms with Gasteiger partial charge in [0.2, 0.25) is 0 Å². The van der Waals surface area contributed by atoms with Crippen molar-refractivity contribution in [3.05, 3.63) is 29.3 Å². The van der Waals surface area contributed by atoms with Gasteiger partial charge >= 0.3 is 6.03 Å². The summed E-state index contributed by atoms with van der Waals surface area (Å²) in [6, 6.07) is 7.33. The summed E-state index contributed by atoms with van der Waals surface area (Å²) in [5, 5.41) is 0. The van der Waals surface area contributed by atoms with E-state index in [-0.39, 0.29) is 11.9 Å². The molecule has 3 aliphatic rings. The fourth-order valence-electron chi connectivity index (χ4n) is 5.45. The summed E-state index contributed by atoms with van der Waals surface area (Å²) in [6.45, 7) is 10.8. The lowest BCUT2D eigenvalue weighted by molar-refractivity contribution is -0.134. The number of imide groups is 1. The summed E-state index contributed by atoms with van der Waals surface area (Å²) < 4.78 is 0. The summed E-state index contributed by atoms with van der Waals surface area (Å²) in [7, 11) is 1.61. The van der Waals surface area contributed by atoms with Crippen LogP contribution < -0.4 is 4.90 Å². The Kier molecular flexibility index (Phi) is 5.32. The number of hydrogen-bond acceptors (Lipinski definition) is 4. The molecule has 3 aliphatic heterocycles. The second-order valence-electron chi connectivity index (χ2n) is 9.05. The van der Waals surface area contributed by atoms with E-state index in [0.717, 1.165) is 45.4 Å². The van der Waals surface area contributed by atoms with Crippen molar-refractivity contribution in [2.45, 2.75) is 64.6 Å². The number of amides is 3. The second-order valence-corrected chi connectivity index (χ2v) is 9.05. The van der Waals surface area contributed by atoms with Gasteiger partial charge in [0, 0.05) is 51.5 Å². The lowest BCUT2D eigenvalue weighted by Gasteiger charge is -2.42. The highest BCUT2D eigenvalue weighted by Gasteiger charge is 2.56. The number of hydrogen-bond donors (Lipinski definition) is 0. The van der Waals surface area contributed by atoms with Gasteiger partial charge in [0.15, 0.2) is 0 Å². The van der Waals surface area contributed by atoms with E-state index in [1.54, 1.807) is 11.9 Å². The number of nitrogens with zero attached hydrogens (tertiary/aromatic N) is 4.